The molecule has 1 saturated heterocycles. The second-order valence-corrected chi connectivity index (χ2v) is 5.67. The number of fused-ring (bicyclic) bond motifs is 1. The zero-order valence-corrected chi connectivity index (χ0v) is 11.3. The van der Waals surface area contributed by atoms with E-state index in [1.165, 1.54) is 7.11 Å². The van der Waals surface area contributed by atoms with Gasteiger partial charge in [-0.2, -0.15) is 0 Å². The van der Waals surface area contributed by atoms with E-state index in [9.17, 15) is 19.5 Å². The summed E-state index contributed by atoms with van der Waals surface area (Å²) < 4.78 is 4.60. The zero-order chi connectivity index (χ0) is 15.1. The number of methoxy groups -OCH3 is 1. The van der Waals surface area contributed by atoms with Crippen LogP contribution in [-0.4, -0.2) is 52.7 Å². The number of Topliss-reactive ketones (excluding diaryl/α,β-unsaturated/α-hetero) is 1. The number of ether oxygens (including phenoxy) is 1. The van der Waals surface area contributed by atoms with Crippen molar-refractivity contribution in [2.45, 2.75) is 36.9 Å². The van der Waals surface area contributed by atoms with Crippen LogP contribution >= 0.6 is 0 Å². The number of hydrogen-bond donors (Lipinski definition) is 3. The van der Waals surface area contributed by atoms with Gasteiger partial charge in [0.25, 0.3) is 0 Å². The Hall–Kier alpha value is -1.67. The lowest BCUT2D eigenvalue weighted by molar-refractivity contribution is -0.158. The minimum atomic E-state index is -1.95. The fourth-order valence-electron chi connectivity index (χ4n) is 3.22. The number of carboxylic acids is 1. The first-order valence-corrected chi connectivity index (χ1v) is 6.41. The SMILES string of the molecule is COC(=O)N1C[C@@H]2CCC(=O)C[C@]2(N)C[C@@]1(N)C(=O)O. The number of nitrogens with zero attached hydrogens (tertiary/aromatic N) is 1. The Morgan fingerprint density at radius 2 is 2.10 bits per heavy atom. The quantitative estimate of drug-likeness (QED) is 0.577. The zero-order valence-electron chi connectivity index (χ0n) is 11.3. The number of ketones is 1. The van der Waals surface area contributed by atoms with Crippen molar-refractivity contribution >= 4 is 17.8 Å². The van der Waals surface area contributed by atoms with E-state index in [1.54, 1.807) is 0 Å². The lowest BCUT2D eigenvalue weighted by Crippen LogP contribution is -2.75. The molecular formula is C12H19N3O5. The second-order valence-electron chi connectivity index (χ2n) is 5.67. The van der Waals surface area contributed by atoms with E-state index in [-0.39, 0.29) is 31.1 Å². The molecule has 2 aliphatic rings. The molecule has 0 bridgehead atoms. The molecule has 0 aromatic carbocycles. The molecule has 0 aromatic heterocycles. The third kappa shape index (κ3) is 2.14. The maximum absolute atomic E-state index is 11.8. The molecule has 2 rings (SSSR count). The molecule has 0 aromatic rings. The van der Waals surface area contributed by atoms with Crippen LogP contribution in [-0.2, 0) is 14.3 Å². The molecule has 3 atom stereocenters. The molecule has 8 nitrogen and oxygen atoms in total. The molecule has 5 N–H and O–H groups in total. The molecule has 0 radical (unpaired) electrons. The molecule has 2 fully saturated rings. The van der Waals surface area contributed by atoms with E-state index < -0.39 is 23.3 Å². The Labute approximate surface area is 116 Å². The van der Waals surface area contributed by atoms with Gasteiger partial charge in [0.15, 0.2) is 5.66 Å². The number of hydrogen-bond acceptors (Lipinski definition) is 6. The molecule has 1 heterocycles. The van der Waals surface area contributed by atoms with Crippen molar-refractivity contribution in [1.82, 2.24) is 4.90 Å². The molecule has 1 amide bonds. The Morgan fingerprint density at radius 1 is 1.45 bits per heavy atom. The number of piperidine rings is 1. The van der Waals surface area contributed by atoms with Crippen LogP contribution in [0.25, 0.3) is 0 Å². The lowest BCUT2D eigenvalue weighted by Gasteiger charge is -2.53. The van der Waals surface area contributed by atoms with Crippen LogP contribution < -0.4 is 11.5 Å². The summed E-state index contributed by atoms with van der Waals surface area (Å²) in [5.41, 5.74) is 9.20. The number of amides is 1. The fourth-order valence-corrected chi connectivity index (χ4v) is 3.22. The highest BCUT2D eigenvalue weighted by Gasteiger charge is 2.58. The highest BCUT2D eigenvalue weighted by molar-refractivity contribution is 5.85. The monoisotopic (exact) mass is 285 g/mol. The normalized spacial score (nSPS) is 37.2. The van der Waals surface area contributed by atoms with Crippen LogP contribution in [0.1, 0.15) is 25.7 Å². The molecule has 1 aliphatic carbocycles. The molecule has 0 unspecified atom stereocenters. The van der Waals surface area contributed by atoms with Crippen LogP contribution in [0.3, 0.4) is 0 Å². The summed E-state index contributed by atoms with van der Waals surface area (Å²) in [5.74, 6) is -1.51. The van der Waals surface area contributed by atoms with E-state index in [0.717, 1.165) is 4.90 Å². The van der Waals surface area contributed by atoms with Gasteiger partial charge in [0, 0.05) is 31.3 Å². The van der Waals surface area contributed by atoms with Gasteiger partial charge in [-0.05, 0) is 12.3 Å². The van der Waals surface area contributed by atoms with Gasteiger partial charge in [-0.15, -0.1) is 0 Å². The number of likely N-dealkylation sites (tertiary alicyclic amines) is 1. The third-order valence-electron chi connectivity index (χ3n) is 4.36. The topological polar surface area (TPSA) is 136 Å². The fraction of sp³-hybridized carbons (Fsp3) is 0.750. The van der Waals surface area contributed by atoms with Gasteiger partial charge < -0.3 is 15.6 Å². The molecule has 112 valence electrons. The second kappa shape index (κ2) is 4.71. The van der Waals surface area contributed by atoms with Crippen molar-refractivity contribution in [3.63, 3.8) is 0 Å². The van der Waals surface area contributed by atoms with Gasteiger partial charge in [0.2, 0.25) is 0 Å². The highest BCUT2D eigenvalue weighted by Crippen LogP contribution is 2.42. The van der Waals surface area contributed by atoms with Crippen LogP contribution in [0.2, 0.25) is 0 Å². The lowest BCUT2D eigenvalue weighted by atomic mass is 9.65. The Kier molecular flexibility index (Phi) is 3.47. The molecule has 0 spiro atoms. The van der Waals surface area contributed by atoms with Gasteiger partial charge in [0.1, 0.15) is 5.78 Å². The minimum Gasteiger partial charge on any atom is -0.478 e. The summed E-state index contributed by atoms with van der Waals surface area (Å²) in [6.45, 7) is 0.0826. The first kappa shape index (κ1) is 14.7. The molecule has 1 aliphatic heterocycles. The maximum Gasteiger partial charge on any atom is 0.411 e. The van der Waals surface area contributed by atoms with Crippen molar-refractivity contribution in [3.05, 3.63) is 0 Å². The van der Waals surface area contributed by atoms with Gasteiger partial charge in [0.05, 0.1) is 7.11 Å². The Balaban J connectivity index is 2.37. The average Bonchev–Trinajstić information content (AvgIpc) is 2.35. The number of carboxylic acid groups (broad SMARTS) is 1. The summed E-state index contributed by atoms with van der Waals surface area (Å²) in [6, 6.07) is 0. The predicted octanol–water partition coefficient (Wildman–Crippen LogP) is -0.735. The predicted molar refractivity (Wildman–Crippen MR) is 67.5 cm³/mol. The largest absolute Gasteiger partial charge is 0.478 e. The van der Waals surface area contributed by atoms with Crippen LogP contribution in [0.4, 0.5) is 4.79 Å². The number of aliphatic carboxylic acids is 1. The molecule has 8 heteroatoms. The summed E-state index contributed by atoms with van der Waals surface area (Å²) in [4.78, 5) is 35.9. The van der Waals surface area contributed by atoms with Gasteiger partial charge in [-0.1, -0.05) is 0 Å². The molecule has 20 heavy (non-hydrogen) atoms. The van der Waals surface area contributed by atoms with Gasteiger partial charge >= 0.3 is 12.1 Å². The third-order valence-corrected chi connectivity index (χ3v) is 4.36. The Bertz CT molecular complexity index is 468. The number of rotatable bonds is 1. The highest BCUT2D eigenvalue weighted by atomic mass is 16.5. The molecular weight excluding hydrogens is 266 g/mol. The van der Waals surface area contributed by atoms with E-state index in [2.05, 4.69) is 4.74 Å². The Morgan fingerprint density at radius 3 is 2.65 bits per heavy atom. The first-order chi connectivity index (χ1) is 9.23. The summed E-state index contributed by atoms with van der Waals surface area (Å²) >= 11 is 0. The van der Waals surface area contributed by atoms with Crippen LogP contribution in [0, 0.1) is 5.92 Å². The van der Waals surface area contributed by atoms with Gasteiger partial charge in [-0.3, -0.25) is 15.4 Å². The maximum atomic E-state index is 11.8. The molecule has 1 saturated carbocycles. The number of carbonyl (C=O) groups excluding carboxylic acids is 2. The van der Waals surface area contributed by atoms with Crippen molar-refractivity contribution in [3.8, 4) is 0 Å². The van der Waals surface area contributed by atoms with Crippen LogP contribution in [0.5, 0.6) is 0 Å². The number of carbonyl (C=O) groups is 3. The van der Waals surface area contributed by atoms with E-state index in [0.29, 0.717) is 12.8 Å². The standard InChI is InChI=1S/C12H19N3O5/c1-20-10(19)15-5-7-2-3-8(16)4-11(7,13)6-12(15,14)9(17)18/h7H,2-6,13-14H2,1H3,(H,17,18)/t7-,11-,12-/m0/s1. The summed E-state index contributed by atoms with van der Waals surface area (Å²) in [7, 11) is 1.17. The minimum absolute atomic E-state index is 0.00278. The summed E-state index contributed by atoms with van der Waals surface area (Å²) in [6.07, 6.45) is 0.0514. The van der Waals surface area contributed by atoms with Crippen molar-refractivity contribution in [2.75, 3.05) is 13.7 Å². The van der Waals surface area contributed by atoms with Crippen molar-refractivity contribution in [1.29, 1.82) is 0 Å². The summed E-state index contributed by atoms with van der Waals surface area (Å²) in [5, 5.41) is 9.37. The van der Waals surface area contributed by atoms with Gasteiger partial charge in [-0.25, -0.2) is 9.59 Å². The van der Waals surface area contributed by atoms with E-state index in [4.69, 9.17) is 11.5 Å². The van der Waals surface area contributed by atoms with E-state index in [1.807, 2.05) is 0 Å². The number of nitrogens with two attached hydrogens (primary N) is 2. The van der Waals surface area contributed by atoms with Crippen molar-refractivity contribution in [2.24, 2.45) is 17.4 Å². The van der Waals surface area contributed by atoms with E-state index >= 15 is 0 Å². The first-order valence-electron chi connectivity index (χ1n) is 6.41. The average molecular weight is 285 g/mol. The van der Waals surface area contributed by atoms with Crippen LogP contribution in [0.15, 0.2) is 0 Å². The smallest absolute Gasteiger partial charge is 0.411 e. The van der Waals surface area contributed by atoms with Crippen molar-refractivity contribution < 1.29 is 24.2 Å².